The van der Waals surface area contributed by atoms with Gasteiger partial charge in [-0.15, -0.1) is 0 Å². The Morgan fingerprint density at radius 2 is 1.87 bits per heavy atom. The van der Waals surface area contributed by atoms with Gasteiger partial charge in [0.15, 0.2) is 0 Å². The molecule has 2 aromatic rings. The van der Waals surface area contributed by atoms with Gasteiger partial charge in [0.1, 0.15) is 0 Å². The predicted molar refractivity (Wildman–Crippen MR) is 58.0 cm³/mol. The molecule has 0 saturated heterocycles. The van der Waals surface area contributed by atoms with Gasteiger partial charge in [0.25, 0.3) is 6.43 Å². The molecular formula is C12H13F2N. The average Bonchev–Trinajstić information content (AvgIpc) is 2.31. The van der Waals surface area contributed by atoms with Gasteiger partial charge in [-0.05, 0) is 12.1 Å². The summed E-state index contributed by atoms with van der Waals surface area (Å²) in [6, 6.07) is 8.13. The predicted octanol–water partition coefficient (Wildman–Crippen LogP) is 4.20. The first-order chi connectivity index (χ1) is 7.27. The third kappa shape index (κ3) is 2.72. The summed E-state index contributed by atoms with van der Waals surface area (Å²) in [6.45, 7) is 4.00. The highest BCUT2D eigenvalue weighted by Crippen LogP contribution is 2.22. The fourth-order valence-corrected chi connectivity index (χ4v) is 1.22. The number of hydrogen-bond acceptors (Lipinski definition) is 1. The van der Waals surface area contributed by atoms with Crippen LogP contribution in [0.4, 0.5) is 8.78 Å². The van der Waals surface area contributed by atoms with Gasteiger partial charge in [0.2, 0.25) is 0 Å². The number of pyridine rings is 1. The Morgan fingerprint density at radius 1 is 1.13 bits per heavy atom. The lowest BCUT2D eigenvalue weighted by molar-refractivity contribution is 0.151. The van der Waals surface area contributed by atoms with Crippen LogP contribution in [0.15, 0.2) is 36.5 Å². The van der Waals surface area contributed by atoms with Gasteiger partial charge in [0, 0.05) is 17.1 Å². The van der Waals surface area contributed by atoms with Crippen molar-refractivity contribution < 1.29 is 8.78 Å². The fourth-order valence-electron chi connectivity index (χ4n) is 1.22. The molecule has 0 amide bonds. The lowest BCUT2D eigenvalue weighted by atomic mass is 10.1. The summed E-state index contributed by atoms with van der Waals surface area (Å²) >= 11 is 0. The van der Waals surface area contributed by atoms with Gasteiger partial charge in [-0.25, -0.2) is 8.78 Å². The van der Waals surface area contributed by atoms with Crippen LogP contribution in [0, 0.1) is 0 Å². The van der Waals surface area contributed by atoms with E-state index in [4.69, 9.17) is 0 Å². The Bertz CT molecular complexity index is 427. The first-order valence-electron chi connectivity index (χ1n) is 4.90. The Hall–Kier alpha value is -1.51. The van der Waals surface area contributed by atoms with Gasteiger partial charge < -0.3 is 0 Å². The van der Waals surface area contributed by atoms with Crippen LogP contribution in [0.5, 0.6) is 0 Å². The molecule has 80 valence electrons. The first kappa shape index (κ1) is 11.6. The molecule has 0 aliphatic rings. The summed E-state index contributed by atoms with van der Waals surface area (Å²) in [5.41, 5.74) is 0.631. The number of nitrogens with zero attached hydrogens (tertiary/aromatic N) is 1. The molecule has 3 heteroatoms. The second-order valence-corrected chi connectivity index (χ2v) is 2.76. The fraction of sp³-hybridized carbons (Fsp3) is 0.250. The summed E-state index contributed by atoms with van der Waals surface area (Å²) in [7, 11) is 0. The van der Waals surface area contributed by atoms with E-state index in [2.05, 4.69) is 4.98 Å². The third-order valence-electron chi connectivity index (χ3n) is 1.88. The van der Waals surface area contributed by atoms with E-state index < -0.39 is 6.43 Å². The zero-order valence-electron chi connectivity index (χ0n) is 8.74. The Labute approximate surface area is 87.8 Å². The van der Waals surface area contributed by atoms with Crippen LogP contribution in [-0.4, -0.2) is 4.98 Å². The van der Waals surface area contributed by atoms with E-state index in [0.29, 0.717) is 5.52 Å². The average molecular weight is 209 g/mol. The monoisotopic (exact) mass is 209 g/mol. The van der Waals surface area contributed by atoms with Crippen molar-refractivity contribution in [2.75, 3.05) is 0 Å². The number of aromatic nitrogens is 1. The summed E-state index contributed by atoms with van der Waals surface area (Å²) in [5, 5.41) is 0.881. The van der Waals surface area contributed by atoms with Crippen molar-refractivity contribution in [3.8, 4) is 0 Å². The molecule has 0 spiro atoms. The maximum absolute atomic E-state index is 12.3. The summed E-state index contributed by atoms with van der Waals surface area (Å²) in [4.78, 5) is 3.99. The second kappa shape index (κ2) is 5.39. The molecule has 0 unspecified atom stereocenters. The van der Waals surface area contributed by atoms with Crippen molar-refractivity contribution >= 4 is 10.9 Å². The van der Waals surface area contributed by atoms with Crippen LogP contribution in [0.2, 0.25) is 0 Å². The lowest BCUT2D eigenvalue weighted by Gasteiger charge is -2.00. The number of alkyl halides is 2. The lowest BCUT2D eigenvalue weighted by Crippen LogP contribution is -1.85. The molecule has 2 rings (SSSR count). The molecule has 0 N–H and O–H groups in total. The standard InChI is InChI=1S/C10H7F2N.C2H6/c11-10(12)8-4-3-7-2-1-5-13-9(7)6-8;1-2/h1-6,10H;1-2H3. The molecule has 0 saturated carbocycles. The van der Waals surface area contributed by atoms with Crippen molar-refractivity contribution in [1.82, 2.24) is 4.98 Å². The van der Waals surface area contributed by atoms with Crippen LogP contribution in [-0.2, 0) is 0 Å². The van der Waals surface area contributed by atoms with Gasteiger partial charge in [-0.3, -0.25) is 4.98 Å². The quantitative estimate of drug-likeness (QED) is 0.686. The van der Waals surface area contributed by atoms with Crippen molar-refractivity contribution in [2.45, 2.75) is 20.3 Å². The minimum absolute atomic E-state index is 0.0196. The highest BCUT2D eigenvalue weighted by Gasteiger charge is 2.06. The molecule has 0 aliphatic heterocycles. The van der Waals surface area contributed by atoms with E-state index in [0.717, 1.165) is 5.39 Å². The maximum Gasteiger partial charge on any atom is 0.263 e. The second-order valence-electron chi connectivity index (χ2n) is 2.76. The van der Waals surface area contributed by atoms with Crippen molar-refractivity contribution in [3.63, 3.8) is 0 Å². The molecule has 1 nitrogen and oxygen atoms in total. The molecule has 0 bridgehead atoms. The molecule has 1 heterocycles. The van der Waals surface area contributed by atoms with Crippen LogP contribution >= 0.6 is 0 Å². The van der Waals surface area contributed by atoms with Crippen LogP contribution in [0.25, 0.3) is 10.9 Å². The number of benzene rings is 1. The molecule has 1 aromatic heterocycles. The Kier molecular flexibility index (Phi) is 4.16. The van der Waals surface area contributed by atoms with E-state index >= 15 is 0 Å². The summed E-state index contributed by atoms with van der Waals surface area (Å²) in [5.74, 6) is 0. The van der Waals surface area contributed by atoms with Crippen molar-refractivity contribution in [3.05, 3.63) is 42.1 Å². The summed E-state index contributed by atoms with van der Waals surface area (Å²) < 4.78 is 24.5. The zero-order chi connectivity index (χ0) is 11.3. The van der Waals surface area contributed by atoms with E-state index in [1.54, 1.807) is 18.3 Å². The van der Waals surface area contributed by atoms with Crippen LogP contribution in [0.3, 0.4) is 0 Å². The van der Waals surface area contributed by atoms with Gasteiger partial charge >= 0.3 is 0 Å². The maximum atomic E-state index is 12.3. The molecular weight excluding hydrogens is 196 g/mol. The molecule has 1 aromatic carbocycles. The van der Waals surface area contributed by atoms with Crippen molar-refractivity contribution in [2.24, 2.45) is 0 Å². The third-order valence-corrected chi connectivity index (χ3v) is 1.88. The minimum atomic E-state index is -2.42. The normalized spacial score (nSPS) is 9.93. The summed E-state index contributed by atoms with van der Waals surface area (Å²) in [6.07, 6.45) is -0.830. The largest absolute Gasteiger partial charge is 0.263 e. The van der Waals surface area contributed by atoms with Crippen molar-refractivity contribution in [1.29, 1.82) is 0 Å². The Morgan fingerprint density at radius 3 is 2.53 bits per heavy atom. The first-order valence-corrected chi connectivity index (χ1v) is 4.90. The van der Waals surface area contributed by atoms with Gasteiger partial charge in [-0.2, -0.15) is 0 Å². The molecule has 0 aliphatic carbocycles. The number of fused-ring (bicyclic) bond motifs is 1. The highest BCUT2D eigenvalue weighted by atomic mass is 19.3. The van der Waals surface area contributed by atoms with Crippen LogP contribution in [0.1, 0.15) is 25.8 Å². The molecule has 15 heavy (non-hydrogen) atoms. The topological polar surface area (TPSA) is 12.9 Å². The van der Waals surface area contributed by atoms with E-state index in [1.807, 2.05) is 19.9 Å². The molecule has 0 radical (unpaired) electrons. The minimum Gasteiger partial charge on any atom is -0.256 e. The molecule has 0 fully saturated rings. The van der Waals surface area contributed by atoms with Crippen LogP contribution < -0.4 is 0 Å². The SMILES string of the molecule is CC.FC(F)c1ccc2cccnc2c1. The van der Waals surface area contributed by atoms with Gasteiger partial charge in [-0.1, -0.05) is 32.0 Å². The number of halogens is 2. The highest BCUT2D eigenvalue weighted by molar-refractivity contribution is 5.78. The zero-order valence-corrected chi connectivity index (χ0v) is 8.74. The number of rotatable bonds is 1. The number of hydrogen-bond donors (Lipinski definition) is 0. The molecule has 0 atom stereocenters. The van der Waals surface area contributed by atoms with E-state index in [-0.39, 0.29) is 5.56 Å². The van der Waals surface area contributed by atoms with E-state index in [9.17, 15) is 8.78 Å². The Balaban J connectivity index is 0.000000531. The smallest absolute Gasteiger partial charge is 0.256 e. The van der Waals surface area contributed by atoms with E-state index in [1.165, 1.54) is 12.1 Å². The van der Waals surface area contributed by atoms with Gasteiger partial charge in [0.05, 0.1) is 5.52 Å².